The van der Waals surface area contributed by atoms with Crippen LogP contribution in [0, 0.1) is 0 Å². The van der Waals surface area contributed by atoms with Gasteiger partial charge >= 0.3 is 0 Å². The van der Waals surface area contributed by atoms with Crippen molar-refractivity contribution in [3.05, 3.63) is 11.9 Å². The summed E-state index contributed by atoms with van der Waals surface area (Å²) in [6.45, 7) is 3.63. The van der Waals surface area contributed by atoms with E-state index in [0.29, 0.717) is 0 Å². The number of aromatic nitrogens is 2. The summed E-state index contributed by atoms with van der Waals surface area (Å²) in [5.41, 5.74) is 3.79. The lowest BCUT2D eigenvalue weighted by Gasteiger charge is -2.21. The Labute approximate surface area is 96.3 Å². The highest BCUT2D eigenvalue weighted by Crippen LogP contribution is 2.24. The molecule has 0 aliphatic rings. The highest BCUT2D eigenvalue weighted by molar-refractivity contribution is 5.28. The van der Waals surface area contributed by atoms with Crippen molar-refractivity contribution in [3.63, 3.8) is 0 Å². The molecule has 0 aliphatic carbocycles. The van der Waals surface area contributed by atoms with Crippen LogP contribution in [0.2, 0.25) is 0 Å². The fourth-order valence-electron chi connectivity index (χ4n) is 1.72. The van der Waals surface area contributed by atoms with E-state index in [1.54, 1.807) is 13.3 Å². The van der Waals surface area contributed by atoms with E-state index < -0.39 is 0 Å². The molecule has 1 aromatic rings. The number of likely N-dealkylation sites (N-methyl/N-ethyl adjacent to an activating group) is 1. The van der Waals surface area contributed by atoms with Gasteiger partial charge in [-0.1, -0.05) is 0 Å². The second-order valence-corrected chi connectivity index (χ2v) is 3.90. The van der Waals surface area contributed by atoms with Crippen LogP contribution >= 0.6 is 0 Å². The second-order valence-electron chi connectivity index (χ2n) is 3.90. The van der Waals surface area contributed by atoms with E-state index in [1.165, 1.54) is 0 Å². The topological polar surface area (TPSA) is 68.3 Å². The van der Waals surface area contributed by atoms with Gasteiger partial charge in [0, 0.05) is 13.1 Å². The molecule has 0 spiro atoms. The summed E-state index contributed by atoms with van der Waals surface area (Å²) in [6, 6.07) is 0.00685. The molecule has 0 amide bonds. The van der Waals surface area contributed by atoms with Gasteiger partial charge in [0.15, 0.2) is 5.75 Å². The average Bonchev–Trinajstić information content (AvgIpc) is 2.68. The largest absolute Gasteiger partial charge is 0.493 e. The van der Waals surface area contributed by atoms with Gasteiger partial charge in [0.2, 0.25) is 0 Å². The van der Waals surface area contributed by atoms with E-state index in [9.17, 15) is 0 Å². The molecular formula is C10H21N5O. The van der Waals surface area contributed by atoms with Gasteiger partial charge in [-0.25, -0.2) is 5.43 Å². The van der Waals surface area contributed by atoms with E-state index in [1.807, 2.05) is 25.7 Å². The minimum absolute atomic E-state index is 0.00685. The summed E-state index contributed by atoms with van der Waals surface area (Å²) in [4.78, 5) is 2.07. The van der Waals surface area contributed by atoms with Crippen LogP contribution < -0.4 is 16.0 Å². The third-order valence-electron chi connectivity index (χ3n) is 2.44. The Morgan fingerprint density at radius 3 is 2.75 bits per heavy atom. The molecule has 0 aliphatic heterocycles. The van der Waals surface area contributed by atoms with Crippen molar-refractivity contribution in [2.24, 2.45) is 5.84 Å². The molecular weight excluding hydrogens is 206 g/mol. The number of nitrogens with zero attached hydrogens (tertiary/aromatic N) is 3. The van der Waals surface area contributed by atoms with Gasteiger partial charge in [0.05, 0.1) is 25.0 Å². The number of rotatable bonds is 6. The predicted molar refractivity (Wildman–Crippen MR) is 63.1 cm³/mol. The molecule has 0 fully saturated rings. The number of nitrogens with one attached hydrogen (secondary N) is 1. The quantitative estimate of drug-likeness (QED) is 0.528. The van der Waals surface area contributed by atoms with Crippen molar-refractivity contribution in [1.82, 2.24) is 20.1 Å². The molecule has 1 atom stereocenters. The van der Waals surface area contributed by atoms with Crippen LogP contribution in [0.5, 0.6) is 5.75 Å². The molecule has 1 aromatic heterocycles. The molecule has 0 radical (unpaired) electrons. The van der Waals surface area contributed by atoms with Crippen LogP contribution in [0.25, 0.3) is 0 Å². The summed E-state index contributed by atoms with van der Waals surface area (Å²) in [5, 5.41) is 4.26. The van der Waals surface area contributed by atoms with Gasteiger partial charge in [-0.05, 0) is 21.0 Å². The lowest BCUT2D eigenvalue weighted by atomic mass is 10.2. The number of nitrogens with two attached hydrogens (primary N) is 1. The molecule has 1 heterocycles. The minimum Gasteiger partial charge on any atom is -0.493 e. The van der Waals surface area contributed by atoms with Crippen molar-refractivity contribution in [2.75, 3.05) is 27.7 Å². The summed E-state index contributed by atoms with van der Waals surface area (Å²) >= 11 is 0. The highest BCUT2D eigenvalue weighted by Gasteiger charge is 2.20. The Morgan fingerprint density at radius 2 is 2.31 bits per heavy atom. The van der Waals surface area contributed by atoms with Crippen molar-refractivity contribution >= 4 is 0 Å². The molecule has 1 unspecified atom stereocenters. The molecule has 0 saturated heterocycles. The summed E-state index contributed by atoms with van der Waals surface area (Å²) in [6.07, 6.45) is 1.72. The first kappa shape index (κ1) is 13.0. The maximum atomic E-state index is 5.59. The fourth-order valence-corrected chi connectivity index (χ4v) is 1.72. The van der Waals surface area contributed by atoms with E-state index in [0.717, 1.165) is 24.5 Å². The Kier molecular flexibility index (Phi) is 4.72. The maximum Gasteiger partial charge on any atom is 0.161 e. The van der Waals surface area contributed by atoms with Crippen molar-refractivity contribution in [2.45, 2.75) is 19.5 Å². The molecule has 6 nitrogen and oxygen atoms in total. The molecule has 92 valence electrons. The van der Waals surface area contributed by atoms with Crippen LogP contribution in [-0.2, 0) is 6.54 Å². The molecule has 16 heavy (non-hydrogen) atoms. The Morgan fingerprint density at radius 1 is 1.62 bits per heavy atom. The normalized spacial score (nSPS) is 13.1. The van der Waals surface area contributed by atoms with Gasteiger partial charge in [-0.2, -0.15) is 5.10 Å². The number of hydrogen-bond acceptors (Lipinski definition) is 5. The summed E-state index contributed by atoms with van der Waals surface area (Å²) in [5.74, 6) is 6.36. The van der Waals surface area contributed by atoms with Gasteiger partial charge in [-0.15, -0.1) is 0 Å². The lowest BCUT2D eigenvalue weighted by molar-refractivity contribution is 0.321. The average molecular weight is 227 g/mol. The van der Waals surface area contributed by atoms with E-state index in [4.69, 9.17) is 10.6 Å². The van der Waals surface area contributed by atoms with Gasteiger partial charge < -0.3 is 9.64 Å². The fraction of sp³-hybridized carbons (Fsp3) is 0.700. The number of hydrazine groups is 1. The van der Waals surface area contributed by atoms with Gasteiger partial charge in [0.1, 0.15) is 0 Å². The van der Waals surface area contributed by atoms with E-state index in [-0.39, 0.29) is 6.04 Å². The lowest BCUT2D eigenvalue weighted by Crippen LogP contribution is -2.37. The second kappa shape index (κ2) is 5.83. The molecule has 0 bridgehead atoms. The first-order valence-electron chi connectivity index (χ1n) is 5.34. The summed E-state index contributed by atoms with van der Waals surface area (Å²) < 4.78 is 7.19. The highest BCUT2D eigenvalue weighted by atomic mass is 16.5. The zero-order chi connectivity index (χ0) is 12.1. The van der Waals surface area contributed by atoms with Crippen LogP contribution in [0.1, 0.15) is 18.7 Å². The minimum atomic E-state index is 0.00685. The van der Waals surface area contributed by atoms with Crippen LogP contribution in [-0.4, -0.2) is 42.4 Å². The zero-order valence-electron chi connectivity index (χ0n) is 10.4. The molecule has 3 N–H and O–H groups in total. The molecule has 6 heteroatoms. The van der Waals surface area contributed by atoms with E-state index >= 15 is 0 Å². The van der Waals surface area contributed by atoms with Gasteiger partial charge in [0.25, 0.3) is 0 Å². The first-order chi connectivity index (χ1) is 7.63. The number of aryl methyl sites for hydroxylation is 1. The molecule has 0 saturated carbocycles. The van der Waals surface area contributed by atoms with Gasteiger partial charge in [-0.3, -0.25) is 10.5 Å². The Hall–Kier alpha value is -1.11. The molecule has 1 rings (SSSR count). The Balaban J connectivity index is 3.00. The monoisotopic (exact) mass is 227 g/mol. The number of ether oxygens (including phenoxy) is 1. The third-order valence-corrected chi connectivity index (χ3v) is 2.44. The summed E-state index contributed by atoms with van der Waals surface area (Å²) in [7, 11) is 5.65. The predicted octanol–water partition coefficient (Wildman–Crippen LogP) is -0.0224. The number of hydrogen-bond donors (Lipinski definition) is 2. The number of methoxy groups -OCH3 is 1. The van der Waals surface area contributed by atoms with Crippen molar-refractivity contribution in [3.8, 4) is 5.75 Å². The molecule has 0 aromatic carbocycles. The Bertz CT molecular complexity index is 302. The van der Waals surface area contributed by atoms with Crippen LogP contribution in [0.15, 0.2) is 6.20 Å². The standard InChI is InChI=1S/C10H21N5O/c1-5-15-10(9(16-4)6-12-15)8(13-11)7-14(2)3/h6,8,13H,5,7,11H2,1-4H3. The van der Waals surface area contributed by atoms with Crippen molar-refractivity contribution < 1.29 is 4.74 Å². The zero-order valence-corrected chi connectivity index (χ0v) is 10.4. The maximum absolute atomic E-state index is 5.59. The van der Waals surface area contributed by atoms with E-state index in [2.05, 4.69) is 15.4 Å². The first-order valence-corrected chi connectivity index (χ1v) is 5.34. The smallest absolute Gasteiger partial charge is 0.161 e. The SMILES string of the molecule is CCn1ncc(OC)c1C(CN(C)C)NN. The third kappa shape index (κ3) is 2.72. The van der Waals surface area contributed by atoms with Crippen LogP contribution in [0.4, 0.5) is 0 Å². The van der Waals surface area contributed by atoms with Crippen LogP contribution in [0.3, 0.4) is 0 Å². The van der Waals surface area contributed by atoms with Crippen molar-refractivity contribution in [1.29, 1.82) is 0 Å².